The monoisotopic (exact) mass is 353 g/mol. The van der Waals surface area contributed by atoms with Gasteiger partial charge in [0.1, 0.15) is 23.9 Å². The fourth-order valence-electron chi connectivity index (χ4n) is 1.84. The molecule has 1 aromatic carbocycles. The average molecular weight is 353 g/mol. The molecule has 0 aliphatic rings. The van der Waals surface area contributed by atoms with Crippen LogP contribution in [0.25, 0.3) is 0 Å². The van der Waals surface area contributed by atoms with Gasteiger partial charge in [-0.05, 0) is 19.1 Å². The van der Waals surface area contributed by atoms with Crippen molar-refractivity contribution in [3.05, 3.63) is 62.9 Å². The number of H-pyrrole nitrogens is 1. The number of esters is 1. The lowest BCUT2D eigenvalue weighted by atomic mass is 10.2. The number of rotatable bonds is 5. The topological polar surface area (TPSA) is 110 Å². The molecule has 0 radical (unpaired) electrons. The van der Waals surface area contributed by atoms with Crippen LogP contribution in [-0.2, 0) is 20.9 Å². The van der Waals surface area contributed by atoms with Crippen LogP contribution in [0.15, 0.2) is 40.1 Å². The predicted molar refractivity (Wildman–Crippen MR) is 81.9 cm³/mol. The molecule has 0 saturated heterocycles. The number of aromatic nitrogens is 2. The Hall–Kier alpha value is -3.30. The summed E-state index contributed by atoms with van der Waals surface area (Å²) in [4.78, 5) is 47.9. The highest BCUT2D eigenvalue weighted by atomic mass is 19.1. The number of carbonyl (C=O) groups excluding carboxylic acids is 2. The minimum Gasteiger partial charge on any atom is -0.451 e. The van der Waals surface area contributed by atoms with Gasteiger partial charge in [-0.3, -0.25) is 23.9 Å². The second kappa shape index (κ2) is 7.51. The van der Waals surface area contributed by atoms with Gasteiger partial charge in [-0.2, -0.15) is 0 Å². The fourth-order valence-corrected chi connectivity index (χ4v) is 1.84. The van der Waals surface area contributed by atoms with Crippen molar-refractivity contribution in [2.45, 2.75) is 19.6 Å². The number of ether oxygens (including phenoxy) is 1. The Labute approximate surface area is 139 Å². The Balaban J connectivity index is 1.99. The molecular weight excluding hydrogens is 340 g/mol. The fraction of sp³-hybridized carbons (Fsp3) is 0.200. The van der Waals surface area contributed by atoms with Gasteiger partial charge in [-0.25, -0.2) is 13.6 Å². The third kappa shape index (κ3) is 4.59. The second-order valence-corrected chi connectivity index (χ2v) is 4.96. The normalized spacial score (nSPS) is 11.6. The Kier molecular flexibility index (Phi) is 5.42. The molecule has 2 rings (SSSR count). The minimum absolute atomic E-state index is 0.554. The third-order valence-corrected chi connectivity index (χ3v) is 3.08. The predicted octanol–water partition coefficient (Wildman–Crippen LogP) is 0.385. The van der Waals surface area contributed by atoms with Crippen molar-refractivity contribution in [3.63, 3.8) is 0 Å². The van der Waals surface area contributed by atoms with Gasteiger partial charge < -0.3 is 10.1 Å². The van der Waals surface area contributed by atoms with Crippen LogP contribution < -0.4 is 16.6 Å². The third-order valence-electron chi connectivity index (χ3n) is 3.08. The van der Waals surface area contributed by atoms with Crippen LogP contribution in [-0.4, -0.2) is 27.5 Å². The number of amides is 1. The van der Waals surface area contributed by atoms with E-state index in [0.29, 0.717) is 0 Å². The summed E-state index contributed by atoms with van der Waals surface area (Å²) in [5.41, 5.74) is -2.11. The van der Waals surface area contributed by atoms with Crippen LogP contribution in [0.4, 0.5) is 14.5 Å². The van der Waals surface area contributed by atoms with E-state index in [2.05, 4.69) is 0 Å². The standard InChI is InChI=1S/C15H13F2N3O5/c1-8(14(23)19-13-9(16)3-2-4-10(13)17)25-12(22)7-20-6-5-11(21)18-15(20)24/h2-6,8H,7H2,1H3,(H,19,23)(H,18,21,24)/t8-/m1/s1. The molecule has 25 heavy (non-hydrogen) atoms. The Morgan fingerprint density at radius 1 is 1.24 bits per heavy atom. The molecule has 1 atom stereocenters. The number of nitrogens with one attached hydrogen (secondary N) is 2. The van der Waals surface area contributed by atoms with Crippen LogP contribution >= 0.6 is 0 Å². The molecule has 0 bridgehead atoms. The summed E-state index contributed by atoms with van der Waals surface area (Å²) in [5.74, 6) is -3.87. The molecule has 0 aliphatic heterocycles. The molecule has 8 nitrogen and oxygen atoms in total. The molecule has 132 valence electrons. The SMILES string of the molecule is C[C@@H](OC(=O)Cn1ccc(=O)[nH]c1=O)C(=O)Nc1c(F)cccc1F. The number of aromatic amines is 1. The van der Waals surface area contributed by atoms with E-state index in [-0.39, 0.29) is 0 Å². The maximum absolute atomic E-state index is 13.5. The number of hydrogen-bond acceptors (Lipinski definition) is 5. The summed E-state index contributed by atoms with van der Waals surface area (Å²) in [5, 5.41) is 1.98. The molecule has 0 saturated carbocycles. The van der Waals surface area contributed by atoms with Crippen molar-refractivity contribution in [1.82, 2.24) is 9.55 Å². The van der Waals surface area contributed by atoms with Crippen LogP contribution in [0.1, 0.15) is 6.92 Å². The zero-order chi connectivity index (χ0) is 18.6. The van der Waals surface area contributed by atoms with E-state index in [1.807, 2.05) is 10.3 Å². The van der Waals surface area contributed by atoms with E-state index < -0.39 is 53.1 Å². The molecule has 2 aromatic rings. The van der Waals surface area contributed by atoms with E-state index >= 15 is 0 Å². The second-order valence-electron chi connectivity index (χ2n) is 4.96. The van der Waals surface area contributed by atoms with Gasteiger partial charge in [0.15, 0.2) is 6.10 Å². The van der Waals surface area contributed by atoms with Gasteiger partial charge in [0.25, 0.3) is 11.5 Å². The van der Waals surface area contributed by atoms with Crippen LogP contribution in [0.5, 0.6) is 0 Å². The lowest BCUT2D eigenvalue weighted by molar-refractivity contribution is -0.153. The first kappa shape index (κ1) is 18.0. The molecule has 0 fully saturated rings. The van der Waals surface area contributed by atoms with Crippen LogP contribution in [0.2, 0.25) is 0 Å². The summed E-state index contributed by atoms with van der Waals surface area (Å²) in [6.07, 6.45) is -0.285. The minimum atomic E-state index is -1.37. The average Bonchev–Trinajstić information content (AvgIpc) is 2.53. The first-order chi connectivity index (χ1) is 11.8. The first-order valence-corrected chi connectivity index (χ1v) is 7.02. The van der Waals surface area contributed by atoms with Crippen molar-refractivity contribution >= 4 is 17.6 Å². The molecule has 10 heteroatoms. The number of benzene rings is 1. The molecule has 0 aliphatic carbocycles. The Morgan fingerprint density at radius 2 is 1.88 bits per heavy atom. The van der Waals surface area contributed by atoms with Gasteiger partial charge in [0.05, 0.1) is 0 Å². The molecule has 0 spiro atoms. The van der Waals surface area contributed by atoms with Crippen molar-refractivity contribution in [2.75, 3.05) is 5.32 Å². The van der Waals surface area contributed by atoms with Gasteiger partial charge in [-0.1, -0.05) is 6.07 Å². The van der Waals surface area contributed by atoms with Crippen molar-refractivity contribution in [1.29, 1.82) is 0 Å². The number of anilines is 1. The number of para-hydroxylation sites is 1. The maximum Gasteiger partial charge on any atom is 0.328 e. The zero-order valence-corrected chi connectivity index (χ0v) is 12.9. The summed E-state index contributed by atoms with van der Waals surface area (Å²) in [6.45, 7) is 0.642. The van der Waals surface area contributed by atoms with Crippen LogP contribution in [0.3, 0.4) is 0 Å². The van der Waals surface area contributed by atoms with Crippen molar-refractivity contribution in [2.24, 2.45) is 0 Å². The lowest BCUT2D eigenvalue weighted by Crippen LogP contribution is -2.35. The summed E-state index contributed by atoms with van der Waals surface area (Å²) < 4.78 is 32.6. The highest BCUT2D eigenvalue weighted by Crippen LogP contribution is 2.18. The molecule has 0 unspecified atom stereocenters. The molecule has 1 aromatic heterocycles. The van der Waals surface area contributed by atoms with Gasteiger partial charge in [-0.15, -0.1) is 0 Å². The molecule has 1 heterocycles. The smallest absolute Gasteiger partial charge is 0.328 e. The van der Waals surface area contributed by atoms with Gasteiger partial charge >= 0.3 is 11.7 Å². The van der Waals surface area contributed by atoms with E-state index in [0.717, 1.165) is 35.0 Å². The Morgan fingerprint density at radius 3 is 2.48 bits per heavy atom. The number of hydrogen-bond donors (Lipinski definition) is 2. The largest absolute Gasteiger partial charge is 0.451 e. The van der Waals surface area contributed by atoms with E-state index in [1.54, 1.807) is 0 Å². The molecule has 1 amide bonds. The summed E-state index contributed by atoms with van der Waals surface area (Å²) in [6, 6.07) is 4.08. The van der Waals surface area contributed by atoms with E-state index in [1.165, 1.54) is 6.92 Å². The highest BCUT2D eigenvalue weighted by molar-refractivity contribution is 5.95. The van der Waals surface area contributed by atoms with Gasteiger partial charge in [0.2, 0.25) is 0 Å². The quantitative estimate of drug-likeness (QED) is 0.756. The number of carbonyl (C=O) groups is 2. The maximum atomic E-state index is 13.5. The Bertz CT molecular complexity index is 902. The highest BCUT2D eigenvalue weighted by Gasteiger charge is 2.21. The lowest BCUT2D eigenvalue weighted by Gasteiger charge is -2.14. The van der Waals surface area contributed by atoms with Crippen molar-refractivity contribution < 1.29 is 23.1 Å². The molecular formula is C15H13F2N3O5. The number of halogens is 2. The van der Waals surface area contributed by atoms with Crippen molar-refractivity contribution in [3.8, 4) is 0 Å². The number of nitrogens with zero attached hydrogens (tertiary/aromatic N) is 1. The van der Waals surface area contributed by atoms with Gasteiger partial charge in [0, 0.05) is 12.3 Å². The van der Waals surface area contributed by atoms with E-state index in [9.17, 15) is 28.0 Å². The first-order valence-electron chi connectivity index (χ1n) is 7.02. The van der Waals surface area contributed by atoms with E-state index in [4.69, 9.17) is 4.74 Å². The summed E-state index contributed by atoms with van der Waals surface area (Å²) >= 11 is 0. The zero-order valence-electron chi connectivity index (χ0n) is 12.9. The molecule has 2 N–H and O–H groups in total. The summed E-state index contributed by atoms with van der Waals surface area (Å²) in [7, 11) is 0. The van der Waals surface area contributed by atoms with Crippen LogP contribution in [0, 0.1) is 11.6 Å².